The van der Waals surface area contributed by atoms with E-state index >= 15 is 0 Å². The summed E-state index contributed by atoms with van der Waals surface area (Å²) in [6.07, 6.45) is 5.99. The number of hydrogen-bond donors (Lipinski definition) is 0. The van der Waals surface area contributed by atoms with Crippen molar-refractivity contribution in [2.75, 3.05) is 52.1 Å². The fourth-order valence-electron chi connectivity index (χ4n) is 4.26. The number of sulfonamides is 1. The van der Waals surface area contributed by atoms with Crippen molar-refractivity contribution < 1.29 is 22.3 Å². The molecule has 0 N–H and O–H groups in total. The number of rotatable bonds is 9. The first-order valence-electron chi connectivity index (χ1n) is 10.7. The van der Waals surface area contributed by atoms with Crippen molar-refractivity contribution in [2.24, 2.45) is 0 Å². The average Bonchev–Trinajstić information content (AvgIpc) is 3.23. The number of ether oxygens (including phenoxy) is 1. The second-order valence-electron chi connectivity index (χ2n) is 8.15. The molecule has 3 rings (SSSR count). The van der Waals surface area contributed by atoms with Crippen LogP contribution in [-0.4, -0.2) is 86.6 Å². The summed E-state index contributed by atoms with van der Waals surface area (Å²) < 4.78 is 44.9. The number of amides is 1. The molecular formula is C21H32FN3O4S. The van der Waals surface area contributed by atoms with Crippen molar-refractivity contribution in [3.63, 3.8) is 0 Å². The van der Waals surface area contributed by atoms with E-state index in [-0.39, 0.29) is 24.4 Å². The van der Waals surface area contributed by atoms with Crippen molar-refractivity contribution in [1.82, 2.24) is 14.1 Å². The van der Waals surface area contributed by atoms with Crippen LogP contribution in [0.4, 0.5) is 4.39 Å². The molecule has 1 aromatic carbocycles. The minimum absolute atomic E-state index is 0.147. The summed E-state index contributed by atoms with van der Waals surface area (Å²) in [6, 6.07) is 5.31. The lowest BCUT2D eigenvalue weighted by Crippen LogP contribution is -2.52. The molecular weight excluding hydrogens is 409 g/mol. The Morgan fingerprint density at radius 1 is 1.17 bits per heavy atom. The van der Waals surface area contributed by atoms with Gasteiger partial charge < -0.3 is 14.5 Å². The highest BCUT2D eigenvalue weighted by Gasteiger charge is 2.32. The van der Waals surface area contributed by atoms with Crippen LogP contribution in [-0.2, 0) is 14.8 Å². The molecule has 0 radical (unpaired) electrons. The lowest BCUT2D eigenvalue weighted by atomic mass is 10.1. The van der Waals surface area contributed by atoms with Gasteiger partial charge in [0.1, 0.15) is 11.6 Å². The molecule has 0 aromatic heterocycles. The van der Waals surface area contributed by atoms with Crippen LogP contribution < -0.4 is 4.74 Å². The van der Waals surface area contributed by atoms with Gasteiger partial charge in [0.25, 0.3) is 5.91 Å². The zero-order valence-electron chi connectivity index (χ0n) is 17.6. The first-order valence-corrected chi connectivity index (χ1v) is 12.5. The summed E-state index contributed by atoms with van der Waals surface area (Å²) in [5.41, 5.74) is 0. The molecule has 0 aliphatic carbocycles. The summed E-state index contributed by atoms with van der Waals surface area (Å²) in [7, 11) is -3.36. The van der Waals surface area contributed by atoms with Gasteiger partial charge in [0, 0.05) is 25.7 Å². The maximum absolute atomic E-state index is 13.0. The van der Waals surface area contributed by atoms with E-state index in [1.807, 2.05) is 0 Å². The molecule has 0 spiro atoms. The third-order valence-corrected chi connectivity index (χ3v) is 7.14. The molecule has 30 heavy (non-hydrogen) atoms. The van der Waals surface area contributed by atoms with Gasteiger partial charge in [-0.2, -0.15) is 4.31 Å². The summed E-state index contributed by atoms with van der Waals surface area (Å²) in [5.74, 6) is -0.120. The van der Waals surface area contributed by atoms with Crippen molar-refractivity contribution in [3.05, 3.63) is 30.1 Å². The molecule has 2 heterocycles. The van der Waals surface area contributed by atoms with Crippen LogP contribution in [0.5, 0.6) is 5.75 Å². The lowest BCUT2D eigenvalue weighted by molar-refractivity contribution is -0.135. The van der Waals surface area contributed by atoms with Crippen molar-refractivity contribution >= 4 is 15.9 Å². The first-order chi connectivity index (χ1) is 14.3. The largest absolute Gasteiger partial charge is 0.484 e. The van der Waals surface area contributed by atoms with E-state index < -0.39 is 10.0 Å². The molecule has 168 valence electrons. The van der Waals surface area contributed by atoms with Crippen LogP contribution in [0.3, 0.4) is 0 Å². The number of carbonyl (C=O) groups is 1. The van der Waals surface area contributed by atoms with Gasteiger partial charge in [-0.25, -0.2) is 12.8 Å². The third-order valence-electron chi connectivity index (χ3n) is 5.81. The van der Waals surface area contributed by atoms with Gasteiger partial charge in [0.15, 0.2) is 6.61 Å². The minimum Gasteiger partial charge on any atom is -0.484 e. The van der Waals surface area contributed by atoms with E-state index in [1.54, 1.807) is 9.21 Å². The highest BCUT2D eigenvalue weighted by Crippen LogP contribution is 2.20. The third kappa shape index (κ3) is 6.65. The number of carbonyl (C=O) groups excluding carboxylic acids is 1. The van der Waals surface area contributed by atoms with E-state index in [9.17, 15) is 17.6 Å². The van der Waals surface area contributed by atoms with Gasteiger partial charge in [-0.3, -0.25) is 4.79 Å². The molecule has 2 aliphatic heterocycles. The molecule has 2 fully saturated rings. The molecule has 2 aliphatic rings. The number of piperidine rings is 1. The Morgan fingerprint density at radius 3 is 2.53 bits per heavy atom. The van der Waals surface area contributed by atoms with Gasteiger partial charge in [-0.15, -0.1) is 0 Å². The highest BCUT2D eigenvalue weighted by atomic mass is 32.2. The standard InChI is InChI=1S/C21H32FN3O4S/c1-30(27,28)25(15-5-13-23-11-2-3-12-23)19-6-4-14-24(16-19)21(26)17-29-20-9-7-18(22)8-10-20/h7-10,19H,2-6,11-17H2,1H3. The highest BCUT2D eigenvalue weighted by molar-refractivity contribution is 7.88. The maximum atomic E-state index is 13.0. The lowest BCUT2D eigenvalue weighted by Gasteiger charge is -2.38. The van der Waals surface area contributed by atoms with Crippen LogP contribution in [0.1, 0.15) is 32.1 Å². The number of likely N-dealkylation sites (tertiary alicyclic amines) is 2. The van der Waals surface area contributed by atoms with Crippen molar-refractivity contribution in [2.45, 2.75) is 38.1 Å². The number of benzene rings is 1. The number of hydrogen-bond acceptors (Lipinski definition) is 5. The molecule has 1 unspecified atom stereocenters. The van der Waals surface area contributed by atoms with Gasteiger partial charge in [-0.1, -0.05) is 0 Å². The zero-order valence-corrected chi connectivity index (χ0v) is 18.4. The minimum atomic E-state index is -3.36. The van der Waals surface area contributed by atoms with Gasteiger partial charge in [0.05, 0.1) is 6.26 Å². The molecule has 2 saturated heterocycles. The van der Waals surface area contributed by atoms with Crippen LogP contribution in [0, 0.1) is 5.82 Å². The van der Waals surface area contributed by atoms with Crippen molar-refractivity contribution in [3.8, 4) is 5.75 Å². The Hall–Kier alpha value is -1.71. The van der Waals surface area contributed by atoms with Gasteiger partial charge >= 0.3 is 0 Å². The normalized spacial score (nSPS) is 20.6. The molecule has 7 nitrogen and oxygen atoms in total. The number of nitrogens with zero attached hydrogens (tertiary/aromatic N) is 3. The maximum Gasteiger partial charge on any atom is 0.260 e. The van der Waals surface area contributed by atoms with Crippen molar-refractivity contribution in [1.29, 1.82) is 0 Å². The van der Waals surface area contributed by atoms with E-state index in [0.29, 0.717) is 25.4 Å². The van der Waals surface area contributed by atoms with E-state index in [0.717, 1.165) is 38.9 Å². The molecule has 1 atom stereocenters. The SMILES string of the molecule is CS(=O)(=O)N(CCCN1CCCC1)C1CCCN(C(=O)COc2ccc(F)cc2)C1. The summed E-state index contributed by atoms with van der Waals surface area (Å²) in [6.45, 7) is 4.40. The molecule has 0 saturated carbocycles. The Balaban J connectivity index is 1.53. The second-order valence-corrected chi connectivity index (χ2v) is 10.1. The quantitative estimate of drug-likeness (QED) is 0.586. The fraction of sp³-hybridized carbons (Fsp3) is 0.667. The van der Waals surface area contributed by atoms with Gasteiger partial charge in [-0.05, 0) is 76.0 Å². The van der Waals surface area contributed by atoms with Crippen LogP contribution >= 0.6 is 0 Å². The van der Waals surface area contributed by atoms with E-state index in [1.165, 1.54) is 43.4 Å². The van der Waals surface area contributed by atoms with E-state index in [2.05, 4.69) is 4.90 Å². The smallest absolute Gasteiger partial charge is 0.260 e. The Kier molecular flexibility index (Phi) is 8.07. The molecule has 1 aromatic rings. The molecule has 0 bridgehead atoms. The van der Waals surface area contributed by atoms with E-state index in [4.69, 9.17) is 4.74 Å². The topological polar surface area (TPSA) is 70.2 Å². The van der Waals surface area contributed by atoms with Crippen LogP contribution in [0.25, 0.3) is 0 Å². The predicted molar refractivity (Wildman–Crippen MR) is 113 cm³/mol. The first kappa shape index (κ1) is 23.0. The summed E-state index contributed by atoms with van der Waals surface area (Å²) >= 11 is 0. The second kappa shape index (κ2) is 10.5. The molecule has 9 heteroatoms. The Labute approximate surface area is 178 Å². The zero-order chi connectivity index (χ0) is 21.6. The average molecular weight is 442 g/mol. The summed E-state index contributed by atoms with van der Waals surface area (Å²) in [5, 5.41) is 0. The monoisotopic (exact) mass is 441 g/mol. The van der Waals surface area contributed by atoms with Crippen LogP contribution in [0.2, 0.25) is 0 Å². The summed E-state index contributed by atoms with van der Waals surface area (Å²) in [4.78, 5) is 16.7. The predicted octanol–water partition coefficient (Wildman–Crippen LogP) is 1.94. The molecule has 1 amide bonds. The van der Waals surface area contributed by atoms with Gasteiger partial charge in [0.2, 0.25) is 10.0 Å². The van der Waals surface area contributed by atoms with Crippen LogP contribution in [0.15, 0.2) is 24.3 Å². The number of halogens is 1. The Bertz CT molecular complexity index is 797. The fourth-order valence-corrected chi connectivity index (χ4v) is 5.43. The Morgan fingerprint density at radius 2 is 1.87 bits per heavy atom.